The highest BCUT2D eigenvalue weighted by Gasteiger charge is 2.11. The Bertz CT molecular complexity index is 996. The van der Waals surface area contributed by atoms with Crippen LogP contribution in [0.1, 0.15) is 5.56 Å². The molecule has 1 N–H and O–H groups in total. The van der Waals surface area contributed by atoms with E-state index in [0.717, 1.165) is 20.3 Å². The predicted octanol–water partition coefficient (Wildman–Crippen LogP) is 4.27. The number of anilines is 1. The Balaban J connectivity index is 1.83. The Morgan fingerprint density at radius 3 is 2.58 bits per heavy atom. The number of benzene rings is 2. The Morgan fingerprint density at radius 1 is 1.15 bits per heavy atom. The van der Waals surface area contributed by atoms with Gasteiger partial charge in [0.25, 0.3) is 5.56 Å². The summed E-state index contributed by atoms with van der Waals surface area (Å²) < 4.78 is 2.09. The van der Waals surface area contributed by atoms with Crippen molar-refractivity contribution in [1.82, 2.24) is 9.78 Å². The van der Waals surface area contributed by atoms with Gasteiger partial charge in [-0.3, -0.25) is 9.59 Å². The lowest BCUT2D eigenvalue weighted by atomic mass is 10.1. The summed E-state index contributed by atoms with van der Waals surface area (Å²) in [4.78, 5) is 24.4. The number of halogens is 2. The van der Waals surface area contributed by atoms with Gasteiger partial charge in [-0.25, -0.2) is 4.68 Å². The lowest BCUT2D eigenvalue weighted by Gasteiger charge is -2.11. The normalized spacial score (nSPS) is 10.6. The molecule has 3 rings (SSSR count). The molecule has 0 bridgehead atoms. The molecule has 0 saturated heterocycles. The molecule has 132 valence electrons. The van der Waals surface area contributed by atoms with Crippen LogP contribution in [-0.4, -0.2) is 15.7 Å². The number of aromatic nitrogens is 2. The summed E-state index contributed by atoms with van der Waals surface area (Å²) in [6.45, 7) is 1.65. The molecule has 2 aromatic carbocycles. The van der Waals surface area contributed by atoms with E-state index < -0.39 is 0 Å². The van der Waals surface area contributed by atoms with Crippen LogP contribution >= 0.6 is 27.5 Å². The Labute approximate surface area is 163 Å². The highest BCUT2D eigenvalue weighted by Crippen LogP contribution is 2.25. The second kappa shape index (κ2) is 7.85. The third-order valence-electron chi connectivity index (χ3n) is 3.79. The molecule has 26 heavy (non-hydrogen) atoms. The number of rotatable bonds is 4. The third-order valence-corrected chi connectivity index (χ3v) is 4.63. The topological polar surface area (TPSA) is 64.0 Å². The molecule has 1 amide bonds. The van der Waals surface area contributed by atoms with Crippen LogP contribution in [0.25, 0.3) is 11.3 Å². The molecule has 0 saturated carbocycles. The van der Waals surface area contributed by atoms with E-state index in [4.69, 9.17) is 11.6 Å². The summed E-state index contributed by atoms with van der Waals surface area (Å²) in [5.74, 6) is -0.372. The zero-order valence-corrected chi connectivity index (χ0v) is 16.2. The SMILES string of the molecule is Cc1cccc(Cl)c1NC(=O)Cn1nc(-c2ccc(Br)cc2)ccc1=O. The minimum atomic E-state index is -0.372. The maximum atomic E-state index is 12.4. The van der Waals surface area contributed by atoms with Crippen molar-refractivity contribution in [2.75, 3.05) is 5.32 Å². The van der Waals surface area contributed by atoms with Crippen LogP contribution in [-0.2, 0) is 11.3 Å². The average molecular weight is 433 g/mol. The Hall–Kier alpha value is -2.44. The molecular formula is C19H15BrClN3O2. The summed E-state index contributed by atoms with van der Waals surface area (Å²) in [6.07, 6.45) is 0. The van der Waals surface area contributed by atoms with Crippen LogP contribution < -0.4 is 10.9 Å². The van der Waals surface area contributed by atoms with E-state index in [-0.39, 0.29) is 18.0 Å². The van der Waals surface area contributed by atoms with Gasteiger partial charge >= 0.3 is 0 Å². The zero-order chi connectivity index (χ0) is 18.7. The van der Waals surface area contributed by atoms with Crippen molar-refractivity contribution in [2.24, 2.45) is 0 Å². The predicted molar refractivity (Wildman–Crippen MR) is 106 cm³/mol. The third kappa shape index (κ3) is 4.20. The Kier molecular flexibility index (Phi) is 5.54. The number of nitrogens with one attached hydrogen (secondary N) is 1. The van der Waals surface area contributed by atoms with Crippen LogP contribution in [0, 0.1) is 6.92 Å². The lowest BCUT2D eigenvalue weighted by Crippen LogP contribution is -2.29. The molecule has 5 nitrogen and oxygen atoms in total. The summed E-state index contributed by atoms with van der Waals surface area (Å²) >= 11 is 9.50. The molecule has 0 spiro atoms. The van der Waals surface area contributed by atoms with Crippen molar-refractivity contribution in [3.8, 4) is 11.3 Å². The molecule has 0 radical (unpaired) electrons. The highest BCUT2D eigenvalue weighted by atomic mass is 79.9. The van der Waals surface area contributed by atoms with Crippen molar-refractivity contribution in [3.05, 3.63) is 80.0 Å². The quantitative estimate of drug-likeness (QED) is 0.669. The average Bonchev–Trinajstić information content (AvgIpc) is 2.61. The van der Waals surface area contributed by atoms with E-state index in [9.17, 15) is 9.59 Å². The summed E-state index contributed by atoms with van der Waals surface area (Å²) in [7, 11) is 0. The van der Waals surface area contributed by atoms with Crippen LogP contribution in [0.2, 0.25) is 5.02 Å². The number of hydrogen-bond acceptors (Lipinski definition) is 3. The molecule has 3 aromatic rings. The van der Waals surface area contributed by atoms with Gasteiger partial charge in [0.1, 0.15) is 6.54 Å². The van der Waals surface area contributed by atoms with E-state index in [1.165, 1.54) is 6.07 Å². The van der Waals surface area contributed by atoms with Gasteiger partial charge < -0.3 is 5.32 Å². The van der Waals surface area contributed by atoms with Crippen molar-refractivity contribution in [2.45, 2.75) is 13.5 Å². The Morgan fingerprint density at radius 2 is 1.88 bits per heavy atom. The number of nitrogens with zero attached hydrogens (tertiary/aromatic N) is 2. The van der Waals surface area contributed by atoms with E-state index >= 15 is 0 Å². The first-order chi connectivity index (χ1) is 12.4. The van der Waals surface area contributed by atoms with Crippen LogP contribution in [0.15, 0.2) is 63.9 Å². The van der Waals surface area contributed by atoms with Gasteiger partial charge in [-0.15, -0.1) is 0 Å². The number of para-hydroxylation sites is 1. The highest BCUT2D eigenvalue weighted by molar-refractivity contribution is 9.10. The molecule has 0 aliphatic rings. The first-order valence-electron chi connectivity index (χ1n) is 7.83. The fraction of sp³-hybridized carbons (Fsp3) is 0.105. The van der Waals surface area contributed by atoms with Crippen molar-refractivity contribution < 1.29 is 4.79 Å². The molecule has 1 aromatic heterocycles. The van der Waals surface area contributed by atoms with Crippen molar-refractivity contribution >= 4 is 39.1 Å². The summed E-state index contributed by atoms with van der Waals surface area (Å²) in [5.41, 5.74) is 2.49. The van der Waals surface area contributed by atoms with Gasteiger partial charge in [0.2, 0.25) is 5.91 Å². The maximum absolute atomic E-state index is 12.4. The largest absolute Gasteiger partial charge is 0.323 e. The molecule has 0 fully saturated rings. The molecule has 0 aliphatic carbocycles. The second-order valence-corrected chi connectivity index (χ2v) is 7.02. The molecule has 0 unspecified atom stereocenters. The monoisotopic (exact) mass is 431 g/mol. The molecule has 0 aliphatic heterocycles. The molecular weight excluding hydrogens is 418 g/mol. The maximum Gasteiger partial charge on any atom is 0.267 e. The van der Waals surface area contributed by atoms with E-state index in [2.05, 4.69) is 26.3 Å². The van der Waals surface area contributed by atoms with E-state index in [0.29, 0.717) is 16.4 Å². The van der Waals surface area contributed by atoms with Crippen LogP contribution in [0.3, 0.4) is 0 Å². The van der Waals surface area contributed by atoms with Crippen molar-refractivity contribution in [3.63, 3.8) is 0 Å². The van der Waals surface area contributed by atoms with Crippen LogP contribution in [0.4, 0.5) is 5.69 Å². The number of aryl methyl sites for hydroxylation is 1. The zero-order valence-electron chi connectivity index (χ0n) is 13.9. The molecule has 7 heteroatoms. The first kappa shape index (κ1) is 18.4. The van der Waals surface area contributed by atoms with Gasteiger partial charge in [0.15, 0.2) is 0 Å². The number of hydrogen-bond donors (Lipinski definition) is 1. The minimum absolute atomic E-state index is 0.201. The second-order valence-electron chi connectivity index (χ2n) is 5.70. The minimum Gasteiger partial charge on any atom is -0.323 e. The van der Waals surface area contributed by atoms with Crippen molar-refractivity contribution in [1.29, 1.82) is 0 Å². The van der Waals surface area contributed by atoms with E-state index in [1.54, 1.807) is 18.2 Å². The molecule has 1 heterocycles. The standard InChI is InChI=1S/C19H15BrClN3O2/c1-12-3-2-4-15(21)19(12)22-17(25)11-24-18(26)10-9-16(23-24)13-5-7-14(20)8-6-13/h2-10H,11H2,1H3,(H,22,25). The van der Waals surface area contributed by atoms with Crippen LogP contribution in [0.5, 0.6) is 0 Å². The van der Waals surface area contributed by atoms with Gasteiger partial charge in [-0.2, -0.15) is 5.10 Å². The van der Waals surface area contributed by atoms with Gasteiger partial charge in [0.05, 0.1) is 16.4 Å². The summed E-state index contributed by atoms with van der Waals surface area (Å²) in [6, 6.07) is 15.9. The smallest absolute Gasteiger partial charge is 0.267 e. The fourth-order valence-electron chi connectivity index (χ4n) is 2.44. The number of carbonyl (C=O) groups is 1. The number of amides is 1. The fourth-order valence-corrected chi connectivity index (χ4v) is 2.98. The van der Waals surface area contributed by atoms with Gasteiger partial charge in [-0.05, 0) is 36.8 Å². The molecule has 0 atom stereocenters. The van der Waals surface area contributed by atoms with Gasteiger partial charge in [0, 0.05) is 16.1 Å². The first-order valence-corrected chi connectivity index (χ1v) is 9.00. The summed E-state index contributed by atoms with van der Waals surface area (Å²) in [5, 5.41) is 7.48. The van der Waals surface area contributed by atoms with E-state index in [1.807, 2.05) is 37.3 Å². The lowest BCUT2D eigenvalue weighted by molar-refractivity contribution is -0.117. The van der Waals surface area contributed by atoms with Gasteiger partial charge in [-0.1, -0.05) is 51.8 Å². The number of carbonyl (C=O) groups excluding carboxylic acids is 1.